The number of amides is 2. The Labute approximate surface area is 84.6 Å². The predicted molar refractivity (Wildman–Crippen MR) is 53.2 cm³/mol. The number of benzene rings is 1. The molecule has 0 spiro atoms. The third-order valence-corrected chi connectivity index (χ3v) is 2.10. The second-order valence-electron chi connectivity index (χ2n) is 3.09. The molecule has 2 amide bonds. The summed E-state index contributed by atoms with van der Waals surface area (Å²) in [5.74, 6) is -1.27. The molecule has 0 radical (unpaired) electrons. The normalized spacial score (nSPS) is 10.4. The molecule has 0 unspecified atom stereocenters. The molecule has 0 atom stereocenters. The molecule has 2 rings (SSSR count). The van der Waals surface area contributed by atoms with E-state index in [4.69, 9.17) is 15.9 Å². The van der Waals surface area contributed by atoms with Crippen LogP contribution in [-0.4, -0.2) is 11.8 Å². The van der Waals surface area contributed by atoms with E-state index >= 15 is 0 Å². The lowest BCUT2D eigenvalue weighted by molar-refractivity contribution is 0.0999. The number of carbonyl (C=O) groups is 2. The second-order valence-corrected chi connectivity index (χ2v) is 3.09. The van der Waals surface area contributed by atoms with Gasteiger partial charge in [0.05, 0.1) is 11.8 Å². The summed E-state index contributed by atoms with van der Waals surface area (Å²) in [6, 6.07) is 4.51. The number of furan rings is 1. The number of hydrogen-bond acceptors (Lipinski definition) is 3. The summed E-state index contributed by atoms with van der Waals surface area (Å²) in [4.78, 5) is 22.1. The maximum Gasteiger partial charge on any atom is 0.252 e. The number of carbonyl (C=O) groups excluding carboxylic acids is 2. The maximum atomic E-state index is 11.1. The van der Waals surface area contributed by atoms with Crippen LogP contribution >= 0.6 is 0 Å². The Morgan fingerprint density at radius 1 is 1.13 bits per heavy atom. The van der Waals surface area contributed by atoms with Gasteiger partial charge in [0.2, 0.25) is 5.91 Å². The van der Waals surface area contributed by atoms with E-state index in [0.29, 0.717) is 11.0 Å². The lowest BCUT2D eigenvalue weighted by Crippen LogP contribution is -2.15. The molecule has 0 aliphatic rings. The third kappa shape index (κ3) is 1.43. The van der Waals surface area contributed by atoms with Crippen LogP contribution in [0.4, 0.5) is 0 Å². The topological polar surface area (TPSA) is 99.3 Å². The Morgan fingerprint density at radius 3 is 2.47 bits per heavy atom. The van der Waals surface area contributed by atoms with Crippen molar-refractivity contribution in [1.82, 2.24) is 0 Å². The summed E-state index contributed by atoms with van der Waals surface area (Å²) in [6.45, 7) is 0. The van der Waals surface area contributed by atoms with Gasteiger partial charge in [-0.2, -0.15) is 0 Å². The Hall–Kier alpha value is -2.30. The van der Waals surface area contributed by atoms with Crippen molar-refractivity contribution in [2.24, 2.45) is 11.5 Å². The van der Waals surface area contributed by atoms with Gasteiger partial charge in [-0.1, -0.05) is 0 Å². The van der Waals surface area contributed by atoms with E-state index in [1.165, 1.54) is 12.3 Å². The van der Waals surface area contributed by atoms with Crippen LogP contribution in [0.1, 0.15) is 20.7 Å². The van der Waals surface area contributed by atoms with Gasteiger partial charge in [-0.05, 0) is 18.2 Å². The molecule has 76 valence electrons. The van der Waals surface area contributed by atoms with Crippen molar-refractivity contribution in [3.8, 4) is 0 Å². The minimum Gasteiger partial charge on any atom is -0.464 e. The number of primary amides is 2. The summed E-state index contributed by atoms with van der Waals surface area (Å²) in [6.07, 6.45) is 1.42. The van der Waals surface area contributed by atoms with Crippen molar-refractivity contribution in [3.05, 3.63) is 35.6 Å². The van der Waals surface area contributed by atoms with Gasteiger partial charge in [-0.15, -0.1) is 0 Å². The molecule has 1 aromatic carbocycles. The smallest absolute Gasteiger partial charge is 0.252 e. The Balaban J connectivity index is 2.80. The van der Waals surface area contributed by atoms with Crippen LogP contribution < -0.4 is 11.5 Å². The van der Waals surface area contributed by atoms with Gasteiger partial charge in [-0.3, -0.25) is 9.59 Å². The zero-order valence-corrected chi connectivity index (χ0v) is 7.69. The highest BCUT2D eigenvalue weighted by molar-refractivity contribution is 6.07. The van der Waals surface area contributed by atoms with Gasteiger partial charge in [0.15, 0.2) is 0 Å². The summed E-state index contributed by atoms with van der Waals surface area (Å²) in [5, 5.41) is 0.625. The fourth-order valence-corrected chi connectivity index (χ4v) is 1.41. The molecular weight excluding hydrogens is 196 g/mol. The molecule has 0 aliphatic carbocycles. The average Bonchev–Trinajstić information content (AvgIpc) is 2.62. The molecule has 0 saturated heterocycles. The zero-order chi connectivity index (χ0) is 11.0. The van der Waals surface area contributed by atoms with Crippen LogP contribution in [0.25, 0.3) is 11.0 Å². The molecule has 0 fully saturated rings. The van der Waals surface area contributed by atoms with Crippen LogP contribution in [0.5, 0.6) is 0 Å². The summed E-state index contributed by atoms with van der Waals surface area (Å²) >= 11 is 0. The van der Waals surface area contributed by atoms with E-state index in [-0.39, 0.29) is 11.1 Å². The third-order valence-electron chi connectivity index (χ3n) is 2.10. The molecular formula is C10H8N2O3. The van der Waals surface area contributed by atoms with Gasteiger partial charge in [0.1, 0.15) is 5.58 Å². The van der Waals surface area contributed by atoms with Gasteiger partial charge in [0.25, 0.3) is 5.91 Å². The van der Waals surface area contributed by atoms with Gasteiger partial charge in [-0.25, -0.2) is 0 Å². The van der Waals surface area contributed by atoms with E-state index in [2.05, 4.69) is 0 Å². The monoisotopic (exact) mass is 204 g/mol. The quantitative estimate of drug-likeness (QED) is 0.750. The zero-order valence-electron chi connectivity index (χ0n) is 7.69. The first-order chi connectivity index (χ1) is 7.09. The van der Waals surface area contributed by atoms with E-state index in [1.807, 2.05) is 0 Å². The SMILES string of the molecule is NC(=O)c1cc(C(N)=O)c2occc2c1. The largest absolute Gasteiger partial charge is 0.464 e. The standard InChI is InChI=1S/C10H8N2O3/c11-9(13)6-3-5-1-2-15-8(5)7(4-6)10(12)14/h1-4H,(H2,11,13)(H2,12,14). The minimum atomic E-state index is -0.655. The van der Waals surface area contributed by atoms with Gasteiger partial charge >= 0.3 is 0 Å². The fourth-order valence-electron chi connectivity index (χ4n) is 1.41. The Kier molecular flexibility index (Phi) is 1.93. The molecule has 2 aromatic rings. The van der Waals surface area contributed by atoms with Crippen molar-refractivity contribution in [2.45, 2.75) is 0 Å². The molecule has 1 heterocycles. The van der Waals surface area contributed by atoms with Crippen molar-refractivity contribution in [1.29, 1.82) is 0 Å². The first kappa shape index (κ1) is 9.26. The van der Waals surface area contributed by atoms with Crippen LogP contribution in [0.3, 0.4) is 0 Å². The van der Waals surface area contributed by atoms with Crippen molar-refractivity contribution in [2.75, 3.05) is 0 Å². The highest BCUT2D eigenvalue weighted by atomic mass is 16.3. The lowest BCUT2D eigenvalue weighted by Gasteiger charge is -2.00. The predicted octanol–water partition coefficient (Wildman–Crippen LogP) is 0.631. The van der Waals surface area contributed by atoms with Crippen molar-refractivity contribution >= 4 is 22.8 Å². The molecule has 5 heteroatoms. The van der Waals surface area contributed by atoms with Crippen LogP contribution in [0.15, 0.2) is 28.9 Å². The first-order valence-corrected chi connectivity index (χ1v) is 4.20. The van der Waals surface area contributed by atoms with Crippen LogP contribution in [0, 0.1) is 0 Å². The fraction of sp³-hybridized carbons (Fsp3) is 0. The lowest BCUT2D eigenvalue weighted by atomic mass is 10.1. The molecule has 0 saturated carbocycles. The molecule has 0 bridgehead atoms. The summed E-state index contributed by atoms with van der Waals surface area (Å²) in [7, 11) is 0. The maximum absolute atomic E-state index is 11.1. The van der Waals surface area contributed by atoms with E-state index < -0.39 is 11.8 Å². The second kappa shape index (κ2) is 3.13. The summed E-state index contributed by atoms with van der Waals surface area (Å²) in [5.41, 5.74) is 11.0. The van der Waals surface area contributed by atoms with Crippen LogP contribution in [0.2, 0.25) is 0 Å². The highest BCUT2D eigenvalue weighted by Crippen LogP contribution is 2.21. The molecule has 1 aromatic heterocycles. The number of rotatable bonds is 2. The Bertz CT molecular complexity index is 557. The van der Waals surface area contributed by atoms with Gasteiger partial charge < -0.3 is 15.9 Å². The molecule has 0 aliphatic heterocycles. The van der Waals surface area contributed by atoms with Crippen molar-refractivity contribution < 1.29 is 14.0 Å². The molecule has 4 N–H and O–H groups in total. The van der Waals surface area contributed by atoms with Crippen molar-refractivity contribution in [3.63, 3.8) is 0 Å². The summed E-state index contributed by atoms with van der Waals surface area (Å²) < 4.78 is 5.09. The first-order valence-electron chi connectivity index (χ1n) is 4.20. The molecule has 5 nitrogen and oxygen atoms in total. The molecule has 15 heavy (non-hydrogen) atoms. The van der Waals surface area contributed by atoms with Gasteiger partial charge in [0, 0.05) is 10.9 Å². The van der Waals surface area contributed by atoms with E-state index in [0.717, 1.165) is 0 Å². The Morgan fingerprint density at radius 2 is 1.87 bits per heavy atom. The van der Waals surface area contributed by atoms with E-state index in [9.17, 15) is 9.59 Å². The number of fused-ring (bicyclic) bond motifs is 1. The average molecular weight is 204 g/mol. The highest BCUT2D eigenvalue weighted by Gasteiger charge is 2.13. The van der Waals surface area contributed by atoms with E-state index in [1.54, 1.807) is 12.1 Å². The minimum absolute atomic E-state index is 0.159. The number of nitrogens with two attached hydrogens (primary N) is 2. The van der Waals surface area contributed by atoms with Crippen LogP contribution in [-0.2, 0) is 0 Å². The number of hydrogen-bond donors (Lipinski definition) is 2.